The molecule has 1 aromatic heterocycles. The second kappa shape index (κ2) is 9.86. The van der Waals surface area contributed by atoms with Crippen LogP contribution in [0.1, 0.15) is 71.5 Å². The van der Waals surface area contributed by atoms with E-state index in [1.165, 1.54) is 28.9 Å². The first-order valence-electron chi connectivity index (χ1n) is 11.0. The minimum atomic E-state index is -0.580. The van der Waals surface area contributed by atoms with Crippen LogP contribution >= 0.6 is 11.3 Å². The third-order valence-electron chi connectivity index (χ3n) is 5.95. The molecule has 0 saturated heterocycles. The van der Waals surface area contributed by atoms with Gasteiger partial charge in [0.2, 0.25) is 5.91 Å². The first kappa shape index (κ1) is 23.3. The third-order valence-corrected chi connectivity index (χ3v) is 7.16. The van der Waals surface area contributed by atoms with Crippen LogP contribution < -0.4 is 10.1 Å². The molecule has 5 nitrogen and oxygen atoms in total. The molecule has 0 fully saturated rings. The van der Waals surface area contributed by atoms with E-state index in [0.717, 1.165) is 49.0 Å². The van der Waals surface area contributed by atoms with Crippen LogP contribution in [0.5, 0.6) is 5.75 Å². The van der Waals surface area contributed by atoms with E-state index >= 15 is 0 Å². The molecule has 0 bridgehead atoms. The molecule has 1 aliphatic rings. The van der Waals surface area contributed by atoms with Crippen LogP contribution in [0.25, 0.3) is 0 Å². The molecule has 3 rings (SSSR count). The fourth-order valence-corrected chi connectivity index (χ4v) is 5.19. The Morgan fingerprint density at radius 1 is 1.16 bits per heavy atom. The number of nitrogens with one attached hydrogen (secondary N) is 1. The van der Waals surface area contributed by atoms with Gasteiger partial charge in [0.1, 0.15) is 10.8 Å². The summed E-state index contributed by atoms with van der Waals surface area (Å²) >= 11 is 1.52. The number of esters is 1. The van der Waals surface area contributed by atoms with Gasteiger partial charge in [0, 0.05) is 10.3 Å². The van der Waals surface area contributed by atoms with E-state index in [9.17, 15) is 9.59 Å². The summed E-state index contributed by atoms with van der Waals surface area (Å²) in [6.07, 6.45) is 5.45. The SMILES string of the molecule is COC(=O)c1c(NC(=O)C(C)(C)CCCOc2cc(C)ccc2C)sc2c1CCCC2. The summed E-state index contributed by atoms with van der Waals surface area (Å²) in [5.74, 6) is 0.451. The van der Waals surface area contributed by atoms with Crippen molar-refractivity contribution < 1.29 is 19.1 Å². The number of rotatable bonds is 8. The van der Waals surface area contributed by atoms with E-state index in [4.69, 9.17) is 9.47 Å². The predicted molar refractivity (Wildman–Crippen MR) is 125 cm³/mol. The van der Waals surface area contributed by atoms with Gasteiger partial charge in [-0.25, -0.2) is 4.79 Å². The molecular formula is C25H33NO4S. The van der Waals surface area contributed by atoms with Crippen molar-refractivity contribution in [2.24, 2.45) is 5.41 Å². The van der Waals surface area contributed by atoms with Crippen LogP contribution in [0.3, 0.4) is 0 Å². The van der Waals surface area contributed by atoms with Crippen LogP contribution in [-0.4, -0.2) is 25.6 Å². The van der Waals surface area contributed by atoms with Crippen molar-refractivity contribution in [1.82, 2.24) is 0 Å². The van der Waals surface area contributed by atoms with Crippen molar-refractivity contribution in [2.75, 3.05) is 19.0 Å². The highest BCUT2D eigenvalue weighted by Crippen LogP contribution is 2.39. The zero-order valence-corrected chi connectivity index (χ0v) is 20.0. The number of carbonyl (C=O) groups excluding carboxylic acids is 2. The lowest BCUT2D eigenvalue weighted by atomic mass is 9.87. The highest BCUT2D eigenvalue weighted by Gasteiger charge is 2.31. The molecule has 0 radical (unpaired) electrons. The number of thiophene rings is 1. The number of aryl methyl sites for hydroxylation is 3. The molecule has 1 aliphatic carbocycles. The van der Waals surface area contributed by atoms with Crippen LogP contribution in [0.2, 0.25) is 0 Å². The summed E-state index contributed by atoms with van der Waals surface area (Å²) in [7, 11) is 1.39. The second-order valence-corrected chi connectivity index (χ2v) is 10.1. The average molecular weight is 444 g/mol. The van der Waals surface area contributed by atoms with E-state index in [1.54, 1.807) is 0 Å². The first-order valence-corrected chi connectivity index (χ1v) is 11.8. The first-order chi connectivity index (χ1) is 14.7. The molecule has 1 heterocycles. The van der Waals surface area contributed by atoms with Crippen molar-refractivity contribution in [3.05, 3.63) is 45.3 Å². The third kappa shape index (κ3) is 5.48. The molecule has 0 aliphatic heterocycles. The van der Waals surface area contributed by atoms with Gasteiger partial charge < -0.3 is 14.8 Å². The Balaban J connectivity index is 1.62. The molecule has 1 N–H and O–H groups in total. The molecule has 31 heavy (non-hydrogen) atoms. The summed E-state index contributed by atoms with van der Waals surface area (Å²) in [5, 5.41) is 3.66. The number of anilines is 1. The maximum Gasteiger partial charge on any atom is 0.341 e. The maximum atomic E-state index is 13.1. The van der Waals surface area contributed by atoms with Gasteiger partial charge in [-0.3, -0.25) is 4.79 Å². The van der Waals surface area contributed by atoms with E-state index in [2.05, 4.69) is 17.4 Å². The maximum absolute atomic E-state index is 13.1. The highest BCUT2D eigenvalue weighted by molar-refractivity contribution is 7.17. The lowest BCUT2D eigenvalue weighted by Crippen LogP contribution is -2.31. The summed E-state index contributed by atoms with van der Waals surface area (Å²) < 4.78 is 10.9. The van der Waals surface area contributed by atoms with Crippen LogP contribution in [0.15, 0.2) is 18.2 Å². The van der Waals surface area contributed by atoms with Gasteiger partial charge >= 0.3 is 5.97 Å². The van der Waals surface area contributed by atoms with Gasteiger partial charge in [-0.15, -0.1) is 11.3 Å². The molecule has 168 valence electrons. The van der Waals surface area contributed by atoms with Gasteiger partial charge in [-0.05, 0) is 75.1 Å². The molecule has 6 heteroatoms. The molecule has 2 aromatic rings. The Morgan fingerprint density at radius 2 is 1.90 bits per heavy atom. The van der Waals surface area contributed by atoms with Crippen LogP contribution in [0.4, 0.5) is 5.00 Å². The Labute approximate surface area is 189 Å². The number of benzene rings is 1. The van der Waals surface area contributed by atoms with Crippen molar-refractivity contribution in [3.63, 3.8) is 0 Å². The summed E-state index contributed by atoms with van der Waals surface area (Å²) in [5.41, 5.74) is 3.30. The van der Waals surface area contributed by atoms with E-state index in [0.29, 0.717) is 23.6 Å². The number of carbonyl (C=O) groups is 2. The highest BCUT2D eigenvalue weighted by atomic mass is 32.1. The molecule has 0 atom stereocenters. The molecule has 0 spiro atoms. The van der Waals surface area contributed by atoms with E-state index < -0.39 is 5.41 Å². The van der Waals surface area contributed by atoms with Gasteiger partial charge in [-0.2, -0.15) is 0 Å². The number of hydrogen-bond donors (Lipinski definition) is 1. The van der Waals surface area contributed by atoms with E-state index in [1.807, 2.05) is 33.8 Å². The van der Waals surface area contributed by atoms with Crippen molar-refractivity contribution in [1.29, 1.82) is 0 Å². The molecule has 0 saturated carbocycles. The molecule has 0 unspecified atom stereocenters. The number of methoxy groups -OCH3 is 1. The molecule has 1 amide bonds. The second-order valence-electron chi connectivity index (χ2n) is 8.97. The van der Waals surface area contributed by atoms with Crippen LogP contribution in [0, 0.1) is 19.3 Å². The standard InChI is InChI=1S/C25H33NO4S/c1-16-11-12-17(2)19(15-16)30-14-8-13-25(3,4)24(28)26-22-21(23(27)29-5)18-9-6-7-10-20(18)31-22/h11-12,15H,6-10,13-14H2,1-5H3,(H,26,28). The Morgan fingerprint density at radius 3 is 2.65 bits per heavy atom. The summed E-state index contributed by atoms with van der Waals surface area (Å²) in [4.78, 5) is 26.7. The normalized spacial score (nSPS) is 13.5. The zero-order chi connectivity index (χ0) is 22.6. The molecule has 1 aromatic carbocycles. The summed E-state index contributed by atoms with van der Waals surface area (Å²) in [6.45, 7) is 8.51. The predicted octanol–water partition coefficient (Wildman–Crippen LogP) is 5.85. The number of amides is 1. The largest absolute Gasteiger partial charge is 0.493 e. The Hall–Kier alpha value is -2.34. The van der Waals surface area contributed by atoms with Gasteiger partial charge in [0.05, 0.1) is 19.3 Å². The lowest BCUT2D eigenvalue weighted by Gasteiger charge is -2.23. The Bertz CT molecular complexity index is 961. The quantitative estimate of drug-likeness (QED) is 0.410. The number of fused-ring (bicyclic) bond motifs is 1. The average Bonchev–Trinajstić information content (AvgIpc) is 3.10. The van der Waals surface area contributed by atoms with Crippen LogP contribution in [-0.2, 0) is 22.4 Å². The smallest absolute Gasteiger partial charge is 0.341 e. The van der Waals surface area contributed by atoms with Crippen molar-refractivity contribution in [3.8, 4) is 5.75 Å². The van der Waals surface area contributed by atoms with Crippen molar-refractivity contribution in [2.45, 2.75) is 66.2 Å². The Kier molecular flexibility index (Phi) is 7.42. The lowest BCUT2D eigenvalue weighted by molar-refractivity contribution is -0.124. The number of ether oxygens (including phenoxy) is 2. The monoisotopic (exact) mass is 443 g/mol. The zero-order valence-electron chi connectivity index (χ0n) is 19.2. The van der Waals surface area contributed by atoms with E-state index in [-0.39, 0.29) is 11.9 Å². The van der Waals surface area contributed by atoms with Gasteiger partial charge in [-0.1, -0.05) is 26.0 Å². The fourth-order valence-electron chi connectivity index (χ4n) is 3.92. The van der Waals surface area contributed by atoms with Crippen molar-refractivity contribution >= 4 is 28.2 Å². The van der Waals surface area contributed by atoms with Gasteiger partial charge in [0.25, 0.3) is 0 Å². The van der Waals surface area contributed by atoms with Gasteiger partial charge in [0.15, 0.2) is 0 Å². The minimum Gasteiger partial charge on any atom is -0.493 e. The topological polar surface area (TPSA) is 64.6 Å². The molecular weight excluding hydrogens is 410 g/mol. The fraction of sp³-hybridized carbons (Fsp3) is 0.520. The number of hydrogen-bond acceptors (Lipinski definition) is 5. The summed E-state index contributed by atoms with van der Waals surface area (Å²) in [6, 6.07) is 6.17. The minimum absolute atomic E-state index is 0.0806.